The fraction of sp³-hybridized carbons (Fsp3) is 1.00. The molecule has 2 aliphatic rings. The van der Waals surface area contributed by atoms with Crippen molar-refractivity contribution in [1.82, 2.24) is 4.90 Å². The van der Waals surface area contributed by atoms with E-state index in [1.807, 2.05) is 0 Å². The largest absolute Gasteiger partial charge is 0.330 e. The highest BCUT2D eigenvalue weighted by molar-refractivity contribution is 4.87. The molecule has 2 N–H and O–H groups in total. The Bertz CT molecular complexity index is 235. The van der Waals surface area contributed by atoms with Crippen molar-refractivity contribution in [2.45, 2.75) is 77.3 Å². The second-order valence-corrected chi connectivity index (χ2v) is 6.74. The van der Waals surface area contributed by atoms with E-state index in [0.29, 0.717) is 0 Å². The Kier molecular flexibility index (Phi) is 5.50. The molecule has 0 aliphatic heterocycles. The van der Waals surface area contributed by atoms with Crippen molar-refractivity contribution in [2.24, 2.45) is 17.6 Å². The van der Waals surface area contributed by atoms with Crippen LogP contribution >= 0.6 is 0 Å². The van der Waals surface area contributed by atoms with E-state index in [4.69, 9.17) is 5.73 Å². The van der Waals surface area contributed by atoms with E-state index in [9.17, 15) is 0 Å². The molecule has 2 heteroatoms. The summed E-state index contributed by atoms with van der Waals surface area (Å²) in [7, 11) is 0. The van der Waals surface area contributed by atoms with Crippen LogP contribution in [0.4, 0.5) is 0 Å². The van der Waals surface area contributed by atoms with Crippen LogP contribution in [0.3, 0.4) is 0 Å². The van der Waals surface area contributed by atoms with E-state index >= 15 is 0 Å². The molecule has 2 nitrogen and oxygen atoms in total. The Morgan fingerprint density at radius 2 is 1.67 bits per heavy atom. The quantitative estimate of drug-likeness (QED) is 0.812. The molecule has 0 amide bonds. The van der Waals surface area contributed by atoms with Gasteiger partial charge in [0.25, 0.3) is 0 Å². The van der Waals surface area contributed by atoms with Gasteiger partial charge in [0.2, 0.25) is 0 Å². The van der Waals surface area contributed by atoms with Crippen molar-refractivity contribution < 1.29 is 0 Å². The lowest BCUT2D eigenvalue weighted by Gasteiger charge is -2.42. The minimum absolute atomic E-state index is 0.849. The Balaban J connectivity index is 1.94. The highest BCUT2D eigenvalue weighted by Crippen LogP contribution is 2.35. The first-order valence-corrected chi connectivity index (χ1v) is 8.18. The zero-order valence-corrected chi connectivity index (χ0v) is 12.4. The third-order valence-electron chi connectivity index (χ3n) is 5.45. The molecule has 0 radical (unpaired) electrons. The van der Waals surface area contributed by atoms with Gasteiger partial charge in [0.05, 0.1) is 0 Å². The molecule has 3 unspecified atom stereocenters. The van der Waals surface area contributed by atoms with E-state index < -0.39 is 0 Å². The van der Waals surface area contributed by atoms with Crippen molar-refractivity contribution in [2.75, 3.05) is 13.1 Å². The Hall–Kier alpha value is -0.0800. The van der Waals surface area contributed by atoms with Crippen molar-refractivity contribution in [3.63, 3.8) is 0 Å². The molecule has 106 valence electrons. The van der Waals surface area contributed by atoms with Gasteiger partial charge in [-0.3, -0.25) is 4.90 Å². The number of rotatable bonds is 5. The lowest BCUT2D eigenvalue weighted by atomic mass is 9.78. The third-order valence-corrected chi connectivity index (χ3v) is 5.45. The van der Waals surface area contributed by atoms with Crippen LogP contribution < -0.4 is 5.73 Å². The molecule has 0 aromatic rings. The van der Waals surface area contributed by atoms with Crippen LogP contribution in [0, 0.1) is 11.8 Å². The predicted octanol–water partition coefficient (Wildman–Crippen LogP) is 3.40. The van der Waals surface area contributed by atoms with Crippen molar-refractivity contribution in [3.8, 4) is 0 Å². The molecular formula is C16H32N2. The fourth-order valence-electron chi connectivity index (χ4n) is 3.99. The monoisotopic (exact) mass is 252 g/mol. The fourth-order valence-corrected chi connectivity index (χ4v) is 3.99. The predicted molar refractivity (Wildman–Crippen MR) is 78.6 cm³/mol. The van der Waals surface area contributed by atoms with Gasteiger partial charge in [-0.25, -0.2) is 0 Å². The molecule has 2 saturated carbocycles. The van der Waals surface area contributed by atoms with Crippen molar-refractivity contribution in [1.29, 1.82) is 0 Å². The molecule has 0 aromatic heterocycles. The van der Waals surface area contributed by atoms with E-state index in [2.05, 4.69) is 18.7 Å². The highest BCUT2D eigenvalue weighted by atomic mass is 15.2. The topological polar surface area (TPSA) is 29.3 Å². The van der Waals surface area contributed by atoms with Crippen LogP contribution in [0.25, 0.3) is 0 Å². The van der Waals surface area contributed by atoms with Gasteiger partial charge in [-0.2, -0.15) is 0 Å². The molecule has 0 aromatic carbocycles. The minimum Gasteiger partial charge on any atom is -0.330 e. The molecule has 2 rings (SSSR count). The normalized spacial score (nSPS) is 34.3. The lowest BCUT2D eigenvalue weighted by molar-refractivity contribution is 0.0721. The van der Waals surface area contributed by atoms with Crippen molar-refractivity contribution in [3.05, 3.63) is 0 Å². The molecule has 0 bridgehead atoms. The van der Waals surface area contributed by atoms with E-state index in [-0.39, 0.29) is 0 Å². The smallest absolute Gasteiger partial charge is 0.0101 e. The molecule has 18 heavy (non-hydrogen) atoms. The summed E-state index contributed by atoms with van der Waals surface area (Å²) in [6.45, 7) is 6.97. The summed E-state index contributed by atoms with van der Waals surface area (Å²) in [5, 5.41) is 0. The standard InChI is InChI=1S/C16H32N2/c1-13-8-9-16(12-14(13)2)18(11-5-10-17)15-6-3-4-7-15/h13-16H,3-12,17H2,1-2H3. The van der Waals surface area contributed by atoms with Crippen LogP contribution in [0.1, 0.15) is 65.2 Å². The van der Waals surface area contributed by atoms with E-state index in [1.54, 1.807) is 0 Å². The first kappa shape index (κ1) is 14.3. The van der Waals surface area contributed by atoms with Crippen LogP contribution in [-0.4, -0.2) is 30.1 Å². The van der Waals surface area contributed by atoms with E-state index in [0.717, 1.165) is 30.5 Å². The average Bonchev–Trinajstić information content (AvgIpc) is 2.88. The van der Waals surface area contributed by atoms with Crippen LogP contribution in [-0.2, 0) is 0 Å². The minimum atomic E-state index is 0.849. The Morgan fingerprint density at radius 3 is 2.28 bits per heavy atom. The maximum Gasteiger partial charge on any atom is 0.0101 e. The van der Waals surface area contributed by atoms with Gasteiger partial charge < -0.3 is 5.73 Å². The Labute approximate surface area is 113 Å². The number of hydrogen-bond acceptors (Lipinski definition) is 2. The van der Waals surface area contributed by atoms with Gasteiger partial charge in [0, 0.05) is 12.1 Å². The summed E-state index contributed by atoms with van der Waals surface area (Å²) in [5.74, 6) is 1.84. The first-order chi connectivity index (χ1) is 8.72. The van der Waals surface area contributed by atoms with Gasteiger partial charge in [-0.1, -0.05) is 26.7 Å². The van der Waals surface area contributed by atoms with Crippen molar-refractivity contribution >= 4 is 0 Å². The summed E-state index contributed by atoms with van der Waals surface area (Å²) < 4.78 is 0. The zero-order valence-electron chi connectivity index (χ0n) is 12.4. The molecular weight excluding hydrogens is 220 g/mol. The molecule has 3 atom stereocenters. The number of hydrogen-bond donors (Lipinski definition) is 1. The van der Waals surface area contributed by atoms with Gasteiger partial charge in [-0.15, -0.1) is 0 Å². The second-order valence-electron chi connectivity index (χ2n) is 6.74. The SMILES string of the molecule is CC1CCC(N(CCCN)C2CCCC2)CC1C. The lowest BCUT2D eigenvalue weighted by Crippen LogP contribution is -2.46. The summed E-state index contributed by atoms with van der Waals surface area (Å²) >= 11 is 0. The van der Waals surface area contributed by atoms with Gasteiger partial charge in [0.1, 0.15) is 0 Å². The summed E-state index contributed by atoms with van der Waals surface area (Å²) in [5.41, 5.74) is 5.73. The zero-order chi connectivity index (χ0) is 13.0. The van der Waals surface area contributed by atoms with E-state index in [1.165, 1.54) is 57.9 Å². The number of nitrogens with zero attached hydrogens (tertiary/aromatic N) is 1. The highest BCUT2D eigenvalue weighted by Gasteiger charge is 2.32. The third kappa shape index (κ3) is 3.48. The molecule has 2 aliphatic carbocycles. The summed E-state index contributed by atoms with van der Waals surface area (Å²) in [4.78, 5) is 2.85. The second kappa shape index (κ2) is 6.91. The van der Waals surface area contributed by atoms with Crippen LogP contribution in [0.15, 0.2) is 0 Å². The number of nitrogens with two attached hydrogens (primary N) is 1. The van der Waals surface area contributed by atoms with Gasteiger partial charge in [0.15, 0.2) is 0 Å². The summed E-state index contributed by atoms with van der Waals surface area (Å²) in [6.07, 6.45) is 11.2. The maximum absolute atomic E-state index is 5.73. The summed E-state index contributed by atoms with van der Waals surface area (Å²) in [6, 6.07) is 1.73. The van der Waals surface area contributed by atoms with Gasteiger partial charge in [-0.05, 0) is 63.5 Å². The molecule has 0 spiro atoms. The first-order valence-electron chi connectivity index (χ1n) is 8.18. The van der Waals surface area contributed by atoms with Crippen LogP contribution in [0.5, 0.6) is 0 Å². The molecule has 2 fully saturated rings. The average molecular weight is 252 g/mol. The maximum atomic E-state index is 5.73. The Morgan fingerprint density at radius 1 is 0.944 bits per heavy atom. The van der Waals surface area contributed by atoms with Crippen LogP contribution in [0.2, 0.25) is 0 Å². The molecule has 0 heterocycles. The van der Waals surface area contributed by atoms with Gasteiger partial charge >= 0.3 is 0 Å². The molecule has 0 saturated heterocycles.